The first-order valence-corrected chi connectivity index (χ1v) is 7.00. The normalized spacial score (nSPS) is 10.1. The van der Waals surface area contributed by atoms with Gasteiger partial charge < -0.3 is 14.2 Å². The SMILES string of the molecule is CCOc1cc(CBr)cc(OCC)c1OCC. The van der Waals surface area contributed by atoms with Crippen LogP contribution in [0.15, 0.2) is 12.1 Å². The van der Waals surface area contributed by atoms with Crippen LogP contribution >= 0.6 is 15.9 Å². The van der Waals surface area contributed by atoms with Crippen molar-refractivity contribution in [3.8, 4) is 17.2 Å². The number of benzene rings is 1. The molecule has 0 unspecified atom stereocenters. The lowest BCUT2D eigenvalue weighted by molar-refractivity contribution is 0.260. The van der Waals surface area contributed by atoms with Gasteiger partial charge in [0.25, 0.3) is 0 Å². The van der Waals surface area contributed by atoms with Crippen molar-refractivity contribution in [1.82, 2.24) is 0 Å². The summed E-state index contributed by atoms with van der Waals surface area (Å²) in [6.07, 6.45) is 0. The summed E-state index contributed by atoms with van der Waals surface area (Å²) in [6, 6.07) is 3.96. The van der Waals surface area contributed by atoms with Crippen LogP contribution in [0.5, 0.6) is 17.2 Å². The zero-order valence-corrected chi connectivity index (χ0v) is 12.2. The van der Waals surface area contributed by atoms with Gasteiger partial charge in [0.15, 0.2) is 11.5 Å². The van der Waals surface area contributed by atoms with Crippen molar-refractivity contribution in [2.75, 3.05) is 19.8 Å². The van der Waals surface area contributed by atoms with E-state index in [1.165, 1.54) is 0 Å². The second kappa shape index (κ2) is 7.43. The van der Waals surface area contributed by atoms with E-state index in [0.29, 0.717) is 25.6 Å². The minimum Gasteiger partial charge on any atom is -0.490 e. The van der Waals surface area contributed by atoms with E-state index in [9.17, 15) is 0 Å². The van der Waals surface area contributed by atoms with Crippen LogP contribution in [0.25, 0.3) is 0 Å². The van der Waals surface area contributed by atoms with Crippen LogP contribution in [-0.2, 0) is 5.33 Å². The number of halogens is 1. The highest BCUT2D eigenvalue weighted by atomic mass is 79.9. The van der Waals surface area contributed by atoms with Gasteiger partial charge in [-0.25, -0.2) is 0 Å². The number of rotatable bonds is 7. The molecule has 17 heavy (non-hydrogen) atoms. The highest BCUT2D eigenvalue weighted by Crippen LogP contribution is 2.39. The van der Waals surface area contributed by atoms with Crippen molar-refractivity contribution >= 4 is 15.9 Å². The van der Waals surface area contributed by atoms with Gasteiger partial charge in [-0.3, -0.25) is 0 Å². The van der Waals surface area contributed by atoms with E-state index in [0.717, 1.165) is 22.4 Å². The first-order valence-electron chi connectivity index (χ1n) is 5.88. The fraction of sp³-hybridized carbons (Fsp3) is 0.538. The average molecular weight is 303 g/mol. The van der Waals surface area contributed by atoms with Crippen molar-refractivity contribution in [2.24, 2.45) is 0 Å². The minimum absolute atomic E-state index is 0.591. The Morgan fingerprint density at radius 3 is 1.71 bits per heavy atom. The smallest absolute Gasteiger partial charge is 0.203 e. The molecule has 0 fully saturated rings. The van der Waals surface area contributed by atoms with Crippen LogP contribution in [0.3, 0.4) is 0 Å². The summed E-state index contributed by atoms with van der Waals surface area (Å²) in [5, 5.41) is 0.763. The molecule has 0 saturated heterocycles. The molecule has 0 spiro atoms. The van der Waals surface area contributed by atoms with Gasteiger partial charge in [0, 0.05) is 5.33 Å². The van der Waals surface area contributed by atoms with Crippen molar-refractivity contribution in [3.63, 3.8) is 0 Å². The van der Waals surface area contributed by atoms with E-state index in [4.69, 9.17) is 14.2 Å². The first-order chi connectivity index (χ1) is 8.26. The zero-order valence-electron chi connectivity index (χ0n) is 10.6. The van der Waals surface area contributed by atoms with Crippen molar-refractivity contribution in [3.05, 3.63) is 17.7 Å². The Bertz CT molecular complexity index is 326. The summed E-state index contributed by atoms with van der Waals surface area (Å²) in [7, 11) is 0. The highest BCUT2D eigenvalue weighted by Gasteiger charge is 2.14. The maximum absolute atomic E-state index is 5.61. The predicted molar refractivity (Wildman–Crippen MR) is 72.6 cm³/mol. The largest absolute Gasteiger partial charge is 0.490 e. The second-order valence-electron chi connectivity index (χ2n) is 3.35. The summed E-state index contributed by atoms with van der Waals surface area (Å²) in [4.78, 5) is 0. The van der Waals surface area contributed by atoms with Gasteiger partial charge in [0.05, 0.1) is 19.8 Å². The van der Waals surface area contributed by atoms with E-state index >= 15 is 0 Å². The third-order valence-corrected chi connectivity index (χ3v) is 2.77. The molecule has 96 valence electrons. The molecule has 1 aromatic carbocycles. The Balaban J connectivity index is 3.16. The van der Waals surface area contributed by atoms with Gasteiger partial charge in [0.1, 0.15) is 0 Å². The zero-order chi connectivity index (χ0) is 12.7. The van der Waals surface area contributed by atoms with E-state index < -0.39 is 0 Å². The van der Waals surface area contributed by atoms with Crippen LogP contribution in [-0.4, -0.2) is 19.8 Å². The standard InChI is InChI=1S/C13H19BrO3/c1-4-15-11-7-10(9-14)8-12(16-5-2)13(11)17-6-3/h7-8H,4-6,9H2,1-3H3. The molecule has 0 aliphatic carbocycles. The van der Waals surface area contributed by atoms with E-state index in [-0.39, 0.29) is 0 Å². The molecule has 0 aromatic heterocycles. The van der Waals surface area contributed by atoms with Gasteiger partial charge in [-0.1, -0.05) is 15.9 Å². The Hall–Kier alpha value is -0.900. The lowest BCUT2D eigenvalue weighted by Gasteiger charge is -2.16. The Morgan fingerprint density at radius 2 is 1.35 bits per heavy atom. The summed E-state index contributed by atoms with van der Waals surface area (Å²) >= 11 is 3.44. The summed E-state index contributed by atoms with van der Waals surface area (Å²) in [5.41, 5.74) is 1.11. The maximum Gasteiger partial charge on any atom is 0.203 e. The van der Waals surface area contributed by atoms with E-state index in [1.54, 1.807) is 0 Å². The molecule has 4 heteroatoms. The van der Waals surface area contributed by atoms with E-state index in [1.807, 2.05) is 32.9 Å². The van der Waals surface area contributed by atoms with Crippen LogP contribution in [0.2, 0.25) is 0 Å². The number of alkyl halides is 1. The minimum atomic E-state index is 0.591. The first kappa shape index (κ1) is 14.2. The van der Waals surface area contributed by atoms with Gasteiger partial charge in [-0.15, -0.1) is 0 Å². The molecule has 0 aliphatic rings. The molecule has 0 atom stereocenters. The quantitative estimate of drug-likeness (QED) is 0.718. The third kappa shape index (κ3) is 3.80. The van der Waals surface area contributed by atoms with Crippen LogP contribution in [0.1, 0.15) is 26.3 Å². The van der Waals surface area contributed by atoms with Gasteiger partial charge >= 0.3 is 0 Å². The van der Waals surface area contributed by atoms with Crippen molar-refractivity contribution in [2.45, 2.75) is 26.1 Å². The molecule has 3 nitrogen and oxygen atoms in total. The lowest BCUT2D eigenvalue weighted by Crippen LogP contribution is -2.03. The summed E-state index contributed by atoms with van der Waals surface area (Å²) in [5.74, 6) is 2.19. The van der Waals surface area contributed by atoms with Crippen molar-refractivity contribution in [1.29, 1.82) is 0 Å². The Morgan fingerprint density at radius 1 is 0.882 bits per heavy atom. The van der Waals surface area contributed by atoms with Crippen LogP contribution in [0.4, 0.5) is 0 Å². The lowest BCUT2D eigenvalue weighted by atomic mass is 10.2. The van der Waals surface area contributed by atoms with Gasteiger partial charge in [-0.05, 0) is 38.5 Å². The summed E-state index contributed by atoms with van der Waals surface area (Å²) in [6.45, 7) is 7.67. The molecule has 0 aliphatic heterocycles. The van der Waals surface area contributed by atoms with Crippen LogP contribution < -0.4 is 14.2 Å². The van der Waals surface area contributed by atoms with Gasteiger partial charge in [-0.2, -0.15) is 0 Å². The van der Waals surface area contributed by atoms with Crippen LogP contribution in [0, 0.1) is 0 Å². The van der Waals surface area contributed by atoms with Gasteiger partial charge in [0.2, 0.25) is 5.75 Å². The fourth-order valence-electron chi connectivity index (χ4n) is 1.52. The predicted octanol–water partition coefficient (Wildman–Crippen LogP) is 3.78. The molecule has 0 bridgehead atoms. The maximum atomic E-state index is 5.61. The molecular formula is C13H19BrO3. The third-order valence-electron chi connectivity index (χ3n) is 2.12. The fourth-order valence-corrected chi connectivity index (χ4v) is 1.84. The molecular weight excluding hydrogens is 284 g/mol. The number of hydrogen-bond donors (Lipinski definition) is 0. The highest BCUT2D eigenvalue weighted by molar-refractivity contribution is 9.08. The number of hydrogen-bond acceptors (Lipinski definition) is 3. The molecule has 0 N–H and O–H groups in total. The topological polar surface area (TPSA) is 27.7 Å². The second-order valence-corrected chi connectivity index (χ2v) is 3.91. The Kier molecular flexibility index (Phi) is 6.19. The Labute approximate surface area is 111 Å². The van der Waals surface area contributed by atoms with E-state index in [2.05, 4.69) is 15.9 Å². The van der Waals surface area contributed by atoms with Crippen molar-refractivity contribution < 1.29 is 14.2 Å². The molecule has 0 saturated carbocycles. The number of ether oxygens (including phenoxy) is 3. The average Bonchev–Trinajstić information content (AvgIpc) is 2.33. The molecule has 0 radical (unpaired) electrons. The summed E-state index contributed by atoms with van der Waals surface area (Å²) < 4.78 is 16.8. The molecule has 0 amide bonds. The molecule has 1 rings (SSSR count). The molecule has 0 heterocycles. The molecule has 1 aromatic rings. The monoisotopic (exact) mass is 302 g/mol.